The summed E-state index contributed by atoms with van der Waals surface area (Å²) >= 11 is 0. The van der Waals surface area contributed by atoms with Crippen molar-refractivity contribution in [1.82, 2.24) is 15.1 Å². The van der Waals surface area contributed by atoms with Crippen LogP contribution in [-0.2, 0) is 11.3 Å². The molecule has 0 fully saturated rings. The fourth-order valence-corrected chi connectivity index (χ4v) is 3.40. The van der Waals surface area contributed by atoms with Gasteiger partial charge in [0.25, 0.3) is 5.91 Å². The predicted molar refractivity (Wildman–Crippen MR) is 108 cm³/mol. The van der Waals surface area contributed by atoms with Crippen LogP contribution in [0.3, 0.4) is 0 Å². The molecule has 1 amide bonds. The summed E-state index contributed by atoms with van der Waals surface area (Å²) in [5, 5.41) is 18.5. The molecule has 0 saturated heterocycles. The number of carbonyl (C=O) groups excluding carboxylic acids is 1. The lowest BCUT2D eigenvalue weighted by Gasteiger charge is -2.19. The molecule has 2 aromatic carbocycles. The summed E-state index contributed by atoms with van der Waals surface area (Å²) < 4.78 is 1.81. The summed E-state index contributed by atoms with van der Waals surface area (Å²) in [4.78, 5) is 24.4. The molecule has 0 saturated carbocycles. The summed E-state index contributed by atoms with van der Waals surface area (Å²) in [6.45, 7) is 6.75. The zero-order valence-corrected chi connectivity index (χ0v) is 16.3. The van der Waals surface area contributed by atoms with Crippen molar-refractivity contribution in [2.45, 2.75) is 39.8 Å². The lowest BCUT2D eigenvalue weighted by molar-refractivity contribution is -0.137. The van der Waals surface area contributed by atoms with E-state index in [1.54, 1.807) is 6.20 Å². The number of nitrogens with zero attached hydrogens (tertiary/aromatic N) is 2. The van der Waals surface area contributed by atoms with Crippen molar-refractivity contribution < 1.29 is 14.7 Å². The molecule has 0 spiro atoms. The number of carboxylic acids is 1. The summed E-state index contributed by atoms with van der Waals surface area (Å²) in [6, 6.07) is 12.8. The summed E-state index contributed by atoms with van der Waals surface area (Å²) in [6.07, 6.45) is 1.35. The Labute approximate surface area is 164 Å². The number of amides is 1. The number of fused-ring (bicyclic) bond motifs is 1. The number of nitrogens with one attached hydrogen (secondary N) is 1. The number of hydrogen-bond acceptors (Lipinski definition) is 3. The Morgan fingerprint density at radius 2 is 1.86 bits per heavy atom. The van der Waals surface area contributed by atoms with Crippen LogP contribution in [0.5, 0.6) is 0 Å². The SMILES string of the molecule is Cc1c(C(=O)N[C@H](CC(=O)O)c2cccc3ccccc23)cnn1CC(C)C. The van der Waals surface area contributed by atoms with Crippen molar-refractivity contribution in [3.8, 4) is 0 Å². The number of carbonyl (C=O) groups is 2. The molecule has 2 N–H and O–H groups in total. The average Bonchev–Trinajstić information content (AvgIpc) is 3.00. The first-order valence-corrected chi connectivity index (χ1v) is 9.39. The van der Waals surface area contributed by atoms with Gasteiger partial charge in [0, 0.05) is 12.2 Å². The molecule has 146 valence electrons. The molecule has 6 nitrogen and oxygen atoms in total. The highest BCUT2D eigenvalue weighted by Crippen LogP contribution is 2.27. The molecule has 3 aromatic rings. The molecule has 1 atom stereocenters. The minimum atomic E-state index is -0.967. The van der Waals surface area contributed by atoms with E-state index in [1.165, 1.54) is 0 Å². The molecule has 6 heteroatoms. The second-order valence-corrected chi connectivity index (χ2v) is 7.41. The Balaban J connectivity index is 1.92. The van der Waals surface area contributed by atoms with Gasteiger partial charge in [-0.05, 0) is 29.2 Å². The third kappa shape index (κ3) is 4.22. The highest BCUT2D eigenvalue weighted by Gasteiger charge is 2.23. The van der Waals surface area contributed by atoms with Crippen LogP contribution in [0.15, 0.2) is 48.7 Å². The largest absolute Gasteiger partial charge is 0.481 e. The molecule has 3 rings (SSSR count). The van der Waals surface area contributed by atoms with E-state index in [2.05, 4.69) is 24.3 Å². The molecule has 1 heterocycles. The number of hydrogen-bond donors (Lipinski definition) is 2. The first-order chi connectivity index (χ1) is 13.4. The summed E-state index contributed by atoms with van der Waals surface area (Å²) in [5.74, 6) is -0.873. The molecule has 0 aliphatic carbocycles. The fraction of sp³-hybridized carbons (Fsp3) is 0.318. The zero-order chi connectivity index (χ0) is 20.3. The Morgan fingerprint density at radius 3 is 2.57 bits per heavy atom. The van der Waals surface area contributed by atoms with E-state index in [9.17, 15) is 14.7 Å². The van der Waals surface area contributed by atoms with Crippen LogP contribution in [0.25, 0.3) is 10.8 Å². The Morgan fingerprint density at radius 1 is 1.14 bits per heavy atom. The standard InChI is InChI=1S/C22H25N3O3/c1-14(2)13-25-15(3)19(12-23-25)22(28)24-20(11-21(26)27)18-10-6-8-16-7-4-5-9-17(16)18/h4-10,12,14,20H,11,13H2,1-3H3,(H,24,28)(H,26,27)/t20-/m1/s1. The Kier molecular flexibility index (Phi) is 5.78. The van der Waals surface area contributed by atoms with Crippen LogP contribution in [0.4, 0.5) is 0 Å². The van der Waals surface area contributed by atoms with Crippen LogP contribution in [0.2, 0.25) is 0 Å². The zero-order valence-electron chi connectivity index (χ0n) is 16.3. The highest BCUT2D eigenvalue weighted by molar-refractivity contribution is 5.96. The third-order valence-corrected chi connectivity index (χ3v) is 4.77. The van der Waals surface area contributed by atoms with Gasteiger partial charge >= 0.3 is 5.97 Å². The van der Waals surface area contributed by atoms with Crippen molar-refractivity contribution in [3.05, 3.63) is 65.5 Å². The highest BCUT2D eigenvalue weighted by atomic mass is 16.4. The molecular formula is C22H25N3O3. The molecule has 0 radical (unpaired) electrons. The topological polar surface area (TPSA) is 84.2 Å². The maximum Gasteiger partial charge on any atom is 0.305 e. The quantitative estimate of drug-likeness (QED) is 0.651. The molecule has 1 aromatic heterocycles. The van der Waals surface area contributed by atoms with Crippen LogP contribution in [-0.4, -0.2) is 26.8 Å². The van der Waals surface area contributed by atoms with Gasteiger partial charge < -0.3 is 10.4 Å². The predicted octanol–water partition coefficient (Wildman–Crippen LogP) is 3.95. The summed E-state index contributed by atoms with van der Waals surface area (Å²) in [5.41, 5.74) is 2.04. The second-order valence-electron chi connectivity index (χ2n) is 7.41. The van der Waals surface area contributed by atoms with E-state index >= 15 is 0 Å². The number of carboxylic acid groups (broad SMARTS) is 1. The summed E-state index contributed by atoms with van der Waals surface area (Å²) in [7, 11) is 0. The van der Waals surface area contributed by atoms with Crippen LogP contribution in [0.1, 0.15) is 47.9 Å². The van der Waals surface area contributed by atoms with Crippen molar-refractivity contribution in [2.75, 3.05) is 0 Å². The van der Waals surface area contributed by atoms with Crippen molar-refractivity contribution >= 4 is 22.6 Å². The first-order valence-electron chi connectivity index (χ1n) is 9.39. The van der Waals surface area contributed by atoms with Gasteiger partial charge in [-0.15, -0.1) is 0 Å². The Bertz CT molecular complexity index is 1000. The van der Waals surface area contributed by atoms with Gasteiger partial charge in [-0.2, -0.15) is 5.10 Å². The lowest BCUT2D eigenvalue weighted by atomic mass is 9.96. The molecule has 0 bridgehead atoms. The van der Waals surface area contributed by atoms with Crippen LogP contribution < -0.4 is 5.32 Å². The van der Waals surface area contributed by atoms with Crippen LogP contribution in [0, 0.1) is 12.8 Å². The van der Waals surface area contributed by atoms with Gasteiger partial charge in [-0.25, -0.2) is 0 Å². The third-order valence-electron chi connectivity index (χ3n) is 4.77. The van der Waals surface area contributed by atoms with E-state index < -0.39 is 12.0 Å². The van der Waals surface area contributed by atoms with Gasteiger partial charge in [0.05, 0.1) is 24.2 Å². The average molecular weight is 379 g/mol. The van der Waals surface area contributed by atoms with Gasteiger partial charge in [0.1, 0.15) is 0 Å². The van der Waals surface area contributed by atoms with Gasteiger partial charge in [-0.1, -0.05) is 56.3 Å². The molecule has 0 aliphatic rings. The van der Waals surface area contributed by atoms with Crippen molar-refractivity contribution in [3.63, 3.8) is 0 Å². The number of benzene rings is 2. The molecular weight excluding hydrogens is 354 g/mol. The molecule has 0 unspecified atom stereocenters. The van der Waals surface area contributed by atoms with Gasteiger partial charge in [0.2, 0.25) is 0 Å². The first kappa shape index (κ1) is 19.6. The maximum atomic E-state index is 12.9. The second kappa shape index (κ2) is 8.25. The minimum Gasteiger partial charge on any atom is -0.481 e. The van der Waals surface area contributed by atoms with Crippen molar-refractivity contribution in [1.29, 1.82) is 0 Å². The van der Waals surface area contributed by atoms with E-state index in [4.69, 9.17) is 0 Å². The molecule has 0 aliphatic heterocycles. The van der Waals surface area contributed by atoms with E-state index in [0.29, 0.717) is 11.5 Å². The van der Waals surface area contributed by atoms with Crippen molar-refractivity contribution in [2.24, 2.45) is 5.92 Å². The molecule has 28 heavy (non-hydrogen) atoms. The van der Waals surface area contributed by atoms with E-state index in [-0.39, 0.29) is 12.3 Å². The van der Waals surface area contributed by atoms with E-state index in [0.717, 1.165) is 28.6 Å². The Hall–Kier alpha value is -3.15. The fourth-order valence-electron chi connectivity index (χ4n) is 3.40. The smallest absolute Gasteiger partial charge is 0.305 e. The van der Waals surface area contributed by atoms with Gasteiger partial charge in [-0.3, -0.25) is 14.3 Å². The normalized spacial score (nSPS) is 12.3. The number of aromatic nitrogens is 2. The van der Waals surface area contributed by atoms with Crippen LogP contribution >= 0.6 is 0 Å². The number of rotatable bonds is 7. The van der Waals surface area contributed by atoms with E-state index in [1.807, 2.05) is 54.1 Å². The maximum absolute atomic E-state index is 12.9. The van der Waals surface area contributed by atoms with Gasteiger partial charge in [0.15, 0.2) is 0 Å². The lowest BCUT2D eigenvalue weighted by Crippen LogP contribution is -2.30. The monoisotopic (exact) mass is 379 g/mol. The minimum absolute atomic E-state index is 0.196. The number of aliphatic carboxylic acids is 1.